The molecule has 118 valence electrons. The molecule has 0 unspecified atom stereocenters. The van der Waals surface area contributed by atoms with Gasteiger partial charge in [0.05, 0.1) is 30.2 Å². The highest BCUT2D eigenvalue weighted by molar-refractivity contribution is 5.82. The molecule has 2 aromatic rings. The summed E-state index contributed by atoms with van der Waals surface area (Å²) in [7, 11) is 1.54. The number of aliphatic carboxylic acids is 1. The summed E-state index contributed by atoms with van der Waals surface area (Å²) in [6, 6.07) is 11.3. The van der Waals surface area contributed by atoms with E-state index in [9.17, 15) is 9.59 Å². The van der Waals surface area contributed by atoms with Gasteiger partial charge in [-0.25, -0.2) is 9.59 Å². The van der Waals surface area contributed by atoms with E-state index in [1.165, 1.54) is 11.9 Å². The summed E-state index contributed by atoms with van der Waals surface area (Å²) >= 11 is 0. The third-order valence-electron chi connectivity index (χ3n) is 3.29. The van der Waals surface area contributed by atoms with Crippen LogP contribution in [0.25, 0.3) is 10.9 Å². The van der Waals surface area contributed by atoms with E-state index < -0.39 is 18.0 Å². The first kappa shape index (κ1) is 16.2. The van der Waals surface area contributed by atoms with Gasteiger partial charge < -0.3 is 15.3 Å². The average Bonchev–Trinajstić information content (AvgIpc) is 2.54. The first-order chi connectivity index (χ1) is 11.0. The topological polar surface area (TPSA) is 106 Å². The molecule has 1 heterocycles. The number of carbonyl (C=O) groups excluding carboxylic acids is 1. The Balaban J connectivity index is 2.04. The maximum Gasteiger partial charge on any atom is 0.327 e. The van der Waals surface area contributed by atoms with Gasteiger partial charge in [-0.3, -0.25) is 4.98 Å². The Morgan fingerprint density at radius 3 is 2.78 bits per heavy atom. The Kier molecular flexibility index (Phi) is 5.10. The molecular weight excluding hydrogens is 296 g/mol. The number of pyridine rings is 1. The van der Waals surface area contributed by atoms with E-state index in [2.05, 4.69) is 10.3 Å². The average molecular weight is 312 g/mol. The van der Waals surface area contributed by atoms with Gasteiger partial charge in [0.15, 0.2) is 0 Å². The zero-order valence-corrected chi connectivity index (χ0v) is 12.6. The van der Waals surface area contributed by atoms with Crippen LogP contribution in [0.3, 0.4) is 0 Å². The second-order valence-corrected chi connectivity index (χ2v) is 5.05. The van der Waals surface area contributed by atoms with Crippen molar-refractivity contribution < 1.29 is 14.7 Å². The summed E-state index contributed by atoms with van der Waals surface area (Å²) in [4.78, 5) is 28.8. The molecule has 2 N–H and O–H groups in total. The Morgan fingerprint density at radius 2 is 2.09 bits per heavy atom. The van der Waals surface area contributed by atoms with Crippen LogP contribution in [0, 0.1) is 11.3 Å². The van der Waals surface area contributed by atoms with Gasteiger partial charge in [-0.05, 0) is 12.1 Å². The minimum atomic E-state index is -1.24. The predicted molar refractivity (Wildman–Crippen MR) is 83.4 cm³/mol. The van der Waals surface area contributed by atoms with Gasteiger partial charge in [-0.2, -0.15) is 5.26 Å². The van der Waals surface area contributed by atoms with Gasteiger partial charge in [0, 0.05) is 12.4 Å². The molecule has 0 bridgehead atoms. The van der Waals surface area contributed by atoms with Crippen LogP contribution in [-0.2, 0) is 11.3 Å². The number of hydrogen-bond donors (Lipinski definition) is 2. The third-order valence-corrected chi connectivity index (χ3v) is 3.29. The van der Waals surface area contributed by atoms with E-state index >= 15 is 0 Å². The number of aromatic nitrogens is 1. The quantitative estimate of drug-likeness (QED) is 0.874. The van der Waals surface area contributed by atoms with Crippen LogP contribution in [0.15, 0.2) is 36.4 Å². The lowest BCUT2D eigenvalue weighted by molar-refractivity contribution is -0.139. The van der Waals surface area contributed by atoms with Crippen LogP contribution < -0.4 is 5.32 Å². The van der Waals surface area contributed by atoms with Crippen molar-refractivity contribution in [3.05, 3.63) is 42.1 Å². The fourth-order valence-corrected chi connectivity index (χ4v) is 2.06. The van der Waals surface area contributed by atoms with Crippen molar-refractivity contribution in [2.45, 2.75) is 19.0 Å². The van der Waals surface area contributed by atoms with E-state index in [0.717, 1.165) is 10.9 Å². The maximum absolute atomic E-state index is 12.0. The molecule has 0 aliphatic rings. The summed E-state index contributed by atoms with van der Waals surface area (Å²) < 4.78 is 0. The molecular formula is C16H16N4O3. The van der Waals surface area contributed by atoms with Crippen molar-refractivity contribution in [3.8, 4) is 6.07 Å². The molecule has 2 rings (SSSR count). The van der Waals surface area contributed by atoms with Gasteiger partial charge in [0.25, 0.3) is 0 Å². The van der Waals surface area contributed by atoms with Gasteiger partial charge in [-0.15, -0.1) is 0 Å². The van der Waals surface area contributed by atoms with Crippen LogP contribution in [0.1, 0.15) is 12.1 Å². The molecule has 23 heavy (non-hydrogen) atoms. The number of benzene rings is 1. The molecule has 2 amide bonds. The number of urea groups is 1. The number of carbonyl (C=O) groups is 2. The van der Waals surface area contributed by atoms with Crippen molar-refractivity contribution >= 4 is 22.9 Å². The second kappa shape index (κ2) is 7.22. The largest absolute Gasteiger partial charge is 0.480 e. The van der Waals surface area contributed by atoms with Crippen LogP contribution in [0.4, 0.5) is 4.79 Å². The number of nitrogens with one attached hydrogen (secondary N) is 1. The lowest BCUT2D eigenvalue weighted by Crippen LogP contribution is -2.46. The Bertz CT molecular complexity index is 769. The number of amides is 2. The molecule has 1 atom stereocenters. The molecule has 1 aromatic carbocycles. The van der Waals surface area contributed by atoms with Crippen molar-refractivity contribution in [1.82, 2.24) is 15.2 Å². The molecule has 0 radical (unpaired) electrons. The summed E-state index contributed by atoms with van der Waals surface area (Å²) in [5.41, 5.74) is 1.51. The third kappa shape index (κ3) is 4.17. The Labute approximate surface area is 133 Å². The highest BCUT2D eigenvalue weighted by atomic mass is 16.4. The molecule has 7 nitrogen and oxygen atoms in total. The highest BCUT2D eigenvalue weighted by Gasteiger charge is 2.21. The number of carboxylic acids is 1. The van der Waals surface area contributed by atoms with E-state index in [4.69, 9.17) is 10.4 Å². The first-order valence-corrected chi connectivity index (χ1v) is 6.97. The molecule has 0 aliphatic heterocycles. The van der Waals surface area contributed by atoms with Gasteiger partial charge in [0.1, 0.15) is 6.04 Å². The summed E-state index contributed by atoms with van der Waals surface area (Å²) in [6.45, 7) is 0.232. The normalized spacial score (nSPS) is 11.5. The lowest BCUT2D eigenvalue weighted by Gasteiger charge is -2.20. The fourth-order valence-electron chi connectivity index (χ4n) is 2.06. The van der Waals surface area contributed by atoms with Gasteiger partial charge in [-0.1, -0.05) is 24.3 Å². The molecule has 0 aliphatic carbocycles. The lowest BCUT2D eigenvalue weighted by atomic mass is 10.2. The molecule has 0 saturated carbocycles. The smallest absolute Gasteiger partial charge is 0.327 e. The number of nitrogens with zero attached hydrogens (tertiary/aromatic N) is 3. The van der Waals surface area contributed by atoms with Crippen LogP contribution in [-0.4, -0.2) is 40.1 Å². The van der Waals surface area contributed by atoms with Gasteiger partial charge >= 0.3 is 12.0 Å². The van der Waals surface area contributed by atoms with E-state index in [1.807, 2.05) is 36.4 Å². The fraction of sp³-hybridized carbons (Fsp3) is 0.250. The predicted octanol–water partition coefficient (Wildman–Crippen LogP) is 1.74. The SMILES string of the molecule is CN(Cc1ccc2ccccc2n1)C(=O)N[C@@H](CC#N)C(=O)O. The minimum absolute atomic E-state index is 0.232. The zero-order valence-electron chi connectivity index (χ0n) is 12.6. The van der Waals surface area contributed by atoms with Crippen molar-refractivity contribution in [3.63, 3.8) is 0 Å². The standard InChI is InChI=1S/C16H16N4O3/c1-20(16(23)19-14(8-9-17)15(21)22)10-12-7-6-11-4-2-3-5-13(11)18-12/h2-7,14H,8,10H2,1H3,(H,19,23)(H,21,22)/t14-/m0/s1. The second-order valence-electron chi connectivity index (χ2n) is 5.05. The van der Waals surface area contributed by atoms with E-state index in [1.54, 1.807) is 6.07 Å². The van der Waals surface area contributed by atoms with Crippen LogP contribution in [0.2, 0.25) is 0 Å². The number of nitriles is 1. The first-order valence-electron chi connectivity index (χ1n) is 6.97. The molecule has 0 fully saturated rings. The molecule has 0 saturated heterocycles. The molecule has 7 heteroatoms. The highest BCUT2D eigenvalue weighted by Crippen LogP contribution is 2.12. The van der Waals surface area contributed by atoms with Crippen LogP contribution >= 0.6 is 0 Å². The Morgan fingerprint density at radius 1 is 1.35 bits per heavy atom. The number of rotatable bonds is 5. The van der Waals surface area contributed by atoms with Crippen molar-refractivity contribution in [1.29, 1.82) is 5.26 Å². The number of fused-ring (bicyclic) bond motifs is 1. The number of para-hydroxylation sites is 1. The minimum Gasteiger partial charge on any atom is -0.480 e. The summed E-state index contributed by atoms with van der Waals surface area (Å²) in [6.07, 6.45) is -0.289. The number of carboxylic acid groups (broad SMARTS) is 1. The number of hydrogen-bond acceptors (Lipinski definition) is 4. The monoisotopic (exact) mass is 312 g/mol. The summed E-state index contributed by atoms with van der Waals surface area (Å²) in [5.74, 6) is -1.24. The van der Waals surface area contributed by atoms with E-state index in [-0.39, 0.29) is 13.0 Å². The Hall–Kier alpha value is -3.14. The van der Waals surface area contributed by atoms with Crippen molar-refractivity contribution in [2.75, 3.05) is 7.05 Å². The molecule has 1 aromatic heterocycles. The van der Waals surface area contributed by atoms with Crippen LogP contribution in [0.5, 0.6) is 0 Å². The van der Waals surface area contributed by atoms with E-state index in [0.29, 0.717) is 5.69 Å². The maximum atomic E-state index is 12.0. The van der Waals surface area contributed by atoms with Gasteiger partial charge in [0.2, 0.25) is 0 Å². The molecule has 0 spiro atoms. The zero-order chi connectivity index (χ0) is 16.8. The van der Waals surface area contributed by atoms with Crippen molar-refractivity contribution in [2.24, 2.45) is 0 Å². The summed E-state index contributed by atoms with van der Waals surface area (Å²) in [5, 5.41) is 20.8.